The van der Waals surface area contributed by atoms with Gasteiger partial charge in [-0.15, -0.1) is 0 Å². The molecule has 2 nitrogen and oxygen atoms in total. The number of ether oxygens (including phenoxy) is 1. The number of hydrogen-bond donors (Lipinski definition) is 1. The molecule has 4 heteroatoms. The number of fused-ring (bicyclic) bond motifs is 1. The molecule has 1 heterocycles. The zero-order chi connectivity index (χ0) is 13.9. The SMILES string of the molecule is Fc1ccc(CNC2COCc3ccccc32)cc1Cl. The molecule has 0 amide bonds. The molecule has 2 aromatic rings. The zero-order valence-electron chi connectivity index (χ0n) is 10.9. The van der Waals surface area contributed by atoms with Crippen LogP contribution in [0.4, 0.5) is 4.39 Å². The quantitative estimate of drug-likeness (QED) is 0.928. The van der Waals surface area contributed by atoms with E-state index in [4.69, 9.17) is 16.3 Å². The molecule has 0 radical (unpaired) electrons. The average Bonchev–Trinajstić information content (AvgIpc) is 2.48. The molecule has 0 fully saturated rings. The van der Waals surface area contributed by atoms with Gasteiger partial charge in [-0.25, -0.2) is 4.39 Å². The number of hydrogen-bond acceptors (Lipinski definition) is 2. The van der Waals surface area contributed by atoms with Gasteiger partial charge in [-0.3, -0.25) is 0 Å². The van der Waals surface area contributed by atoms with Gasteiger partial charge in [0.25, 0.3) is 0 Å². The predicted octanol–water partition coefficient (Wildman–Crippen LogP) is 3.84. The Balaban J connectivity index is 1.71. The van der Waals surface area contributed by atoms with Gasteiger partial charge in [0.1, 0.15) is 5.82 Å². The monoisotopic (exact) mass is 291 g/mol. The summed E-state index contributed by atoms with van der Waals surface area (Å²) in [4.78, 5) is 0. The summed E-state index contributed by atoms with van der Waals surface area (Å²) in [6.45, 7) is 1.94. The molecule has 3 rings (SSSR count). The lowest BCUT2D eigenvalue weighted by atomic mass is 9.99. The first-order valence-corrected chi connectivity index (χ1v) is 6.94. The first-order chi connectivity index (χ1) is 9.74. The lowest BCUT2D eigenvalue weighted by Crippen LogP contribution is -2.29. The third-order valence-corrected chi connectivity index (χ3v) is 3.80. The zero-order valence-corrected chi connectivity index (χ0v) is 11.7. The Labute approximate surface area is 122 Å². The minimum atomic E-state index is -0.387. The highest BCUT2D eigenvalue weighted by Gasteiger charge is 2.19. The van der Waals surface area contributed by atoms with E-state index in [1.165, 1.54) is 17.2 Å². The fraction of sp³-hybridized carbons (Fsp3) is 0.250. The molecule has 1 aliphatic heterocycles. The highest BCUT2D eigenvalue weighted by molar-refractivity contribution is 6.30. The lowest BCUT2D eigenvalue weighted by molar-refractivity contribution is 0.0817. The lowest BCUT2D eigenvalue weighted by Gasteiger charge is -2.26. The van der Waals surface area contributed by atoms with Crippen molar-refractivity contribution in [1.29, 1.82) is 0 Å². The van der Waals surface area contributed by atoms with Gasteiger partial charge in [0.2, 0.25) is 0 Å². The van der Waals surface area contributed by atoms with E-state index >= 15 is 0 Å². The second-order valence-corrected chi connectivity index (χ2v) is 5.30. The number of nitrogens with one attached hydrogen (secondary N) is 1. The molecule has 0 aliphatic carbocycles. The Hall–Kier alpha value is -1.42. The van der Waals surface area contributed by atoms with Crippen molar-refractivity contribution >= 4 is 11.6 Å². The Morgan fingerprint density at radius 1 is 1.25 bits per heavy atom. The van der Waals surface area contributed by atoms with E-state index in [0.717, 1.165) is 5.56 Å². The molecule has 0 aromatic heterocycles. The van der Waals surface area contributed by atoms with Crippen LogP contribution in [0.1, 0.15) is 22.7 Å². The van der Waals surface area contributed by atoms with Crippen molar-refractivity contribution in [1.82, 2.24) is 5.32 Å². The number of rotatable bonds is 3. The minimum Gasteiger partial charge on any atom is -0.375 e. The van der Waals surface area contributed by atoms with E-state index in [0.29, 0.717) is 19.8 Å². The summed E-state index contributed by atoms with van der Waals surface area (Å²) in [6, 6.07) is 13.2. The fourth-order valence-electron chi connectivity index (χ4n) is 2.44. The maximum atomic E-state index is 13.1. The molecular weight excluding hydrogens is 277 g/mol. The predicted molar refractivity (Wildman–Crippen MR) is 77.1 cm³/mol. The van der Waals surface area contributed by atoms with Crippen LogP contribution in [-0.4, -0.2) is 6.61 Å². The molecule has 0 bridgehead atoms. The van der Waals surface area contributed by atoms with E-state index in [1.54, 1.807) is 12.1 Å². The molecule has 0 spiro atoms. The standard InChI is InChI=1S/C16H15ClFNO/c17-14-7-11(5-6-15(14)18)8-19-16-10-20-9-12-3-1-2-4-13(12)16/h1-7,16,19H,8-10H2. The minimum absolute atomic E-state index is 0.156. The Morgan fingerprint density at radius 3 is 2.95 bits per heavy atom. The van der Waals surface area contributed by atoms with Gasteiger partial charge in [0, 0.05) is 6.54 Å². The second-order valence-electron chi connectivity index (χ2n) is 4.90. The third kappa shape index (κ3) is 2.85. The van der Waals surface area contributed by atoms with Crippen LogP contribution in [0.25, 0.3) is 0 Å². The maximum absolute atomic E-state index is 13.1. The molecule has 1 N–H and O–H groups in total. The summed E-state index contributed by atoms with van der Waals surface area (Å²) >= 11 is 5.79. The van der Waals surface area contributed by atoms with Crippen molar-refractivity contribution in [3.8, 4) is 0 Å². The highest BCUT2D eigenvalue weighted by Crippen LogP contribution is 2.25. The van der Waals surface area contributed by atoms with Crippen LogP contribution in [-0.2, 0) is 17.9 Å². The van der Waals surface area contributed by atoms with Gasteiger partial charge in [-0.1, -0.05) is 41.9 Å². The molecule has 20 heavy (non-hydrogen) atoms. The first kappa shape index (κ1) is 13.6. The second kappa shape index (κ2) is 5.92. The van der Waals surface area contributed by atoms with Crippen LogP contribution < -0.4 is 5.32 Å². The molecule has 1 atom stereocenters. The van der Waals surface area contributed by atoms with E-state index in [2.05, 4.69) is 17.4 Å². The summed E-state index contributed by atoms with van der Waals surface area (Å²) in [5, 5.41) is 3.59. The average molecular weight is 292 g/mol. The summed E-state index contributed by atoms with van der Waals surface area (Å²) in [5.74, 6) is -0.387. The van der Waals surface area contributed by atoms with Gasteiger partial charge >= 0.3 is 0 Å². The first-order valence-electron chi connectivity index (χ1n) is 6.57. The smallest absolute Gasteiger partial charge is 0.141 e. The van der Waals surface area contributed by atoms with Crippen LogP contribution in [0.3, 0.4) is 0 Å². The van der Waals surface area contributed by atoms with Crippen molar-refractivity contribution in [2.75, 3.05) is 6.61 Å². The molecule has 104 valence electrons. The summed E-state index contributed by atoms with van der Waals surface area (Å²) in [5.41, 5.74) is 3.44. The van der Waals surface area contributed by atoms with Crippen molar-refractivity contribution in [3.05, 3.63) is 70.0 Å². The molecular formula is C16H15ClFNO. The van der Waals surface area contributed by atoms with Crippen molar-refractivity contribution in [2.45, 2.75) is 19.2 Å². The van der Waals surface area contributed by atoms with Gasteiger partial charge < -0.3 is 10.1 Å². The van der Waals surface area contributed by atoms with Crippen LogP contribution in [0.2, 0.25) is 5.02 Å². The van der Waals surface area contributed by atoms with Gasteiger partial charge in [-0.05, 0) is 28.8 Å². The third-order valence-electron chi connectivity index (χ3n) is 3.51. The molecule has 0 saturated heterocycles. The van der Waals surface area contributed by atoms with E-state index in [9.17, 15) is 4.39 Å². The highest BCUT2D eigenvalue weighted by atomic mass is 35.5. The van der Waals surface area contributed by atoms with Crippen molar-refractivity contribution in [3.63, 3.8) is 0 Å². The largest absolute Gasteiger partial charge is 0.375 e. The van der Waals surface area contributed by atoms with Gasteiger partial charge in [-0.2, -0.15) is 0 Å². The van der Waals surface area contributed by atoms with Gasteiger partial charge in [0.15, 0.2) is 0 Å². The molecule has 2 aromatic carbocycles. The van der Waals surface area contributed by atoms with E-state index in [1.807, 2.05) is 12.1 Å². The van der Waals surface area contributed by atoms with Crippen LogP contribution >= 0.6 is 11.6 Å². The number of benzene rings is 2. The van der Waals surface area contributed by atoms with Crippen LogP contribution in [0.15, 0.2) is 42.5 Å². The van der Waals surface area contributed by atoms with Crippen molar-refractivity contribution in [2.24, 2.45) is 0 Å². The number of halogens is 2. The van der Waals surface area contributed by atoms with Crippen LogP contribution in [0, 0.1) is 5.82 Å². The fourth-order valence-corrected chi connectivity index (χ4v) is 2.64. The molecule has 1 unspecified atom stereocenters. The molecule has 0 saturated carbocycles. The van der Waals surface area contributed by atoms with E-state index < -0.39 is 0 Å². The maximum Gasteiger partial charge on any atom is 0.141 e. The summed E-state index contributed by atoms with van der Waals surface area (Å²) < 4.78 is 18.7. The van der Waals surface area contributed by atoms with Gasteiger partial charge in [0.05, 0.1) is 24.3 Å². The Morgan fingerprint density at radius 2 is 2.10 bits per heavy atom. The topological polar surface area (TPSA) is 21.3 Å². The van der Waals surface area contributed by atoms with E-state index in [-0.39, 0.29) is 16.9 Å². The van der Waals surface area contributed by atoms with Crippen molar-refractivity contribution < 1.29 is 9.13 Å². The normalized spacial score (nSPS) is 17.8. The molecule has 1 aliphatic rings. The summed E-state index contributed by atoms with van der Waals surface area (Å²) in [6.07, 6.45) is 0. The Kier molecular flexibility index (Phi) is 4.01. The Bertz CT molecular complexity index is 617. The summed E-state index contributed by atoms with van der Waals surface area (Å²) in [7, 11) is 0. The van der Waals surface area contributed by atoms with Crippen LogP contribution in [0.5, 0.6) is 0 Å².